The maximum atomic E-state index is 13.3. The summed E-state index contributed by atoms with van der Waals surface area (Å²) in [6.45, 7) is 8.64. The Bertz CT molecular complexity index is 1690. The van der Waals surface area contributed by atoms with E-state index in [4.69, 9.17) is 14.5 Å². The predicted molar refractivity (Wildman–Crippen MR) is 170 cm³/mol. The largest absolute Gasteiger partial charge is 0.465 e. The van der Waals surface area contributed by atoms with Crippen LogP contribution in [0, 0.1) is 6.92 Å². The number of thiazole rings is 1. The molecule has 4 heterocycles. The number of carbonyl (C=O) groups is 3. The summed E-state index contributed by atoms with van der Waals surface area (Å²) in [7, 11) is 1.55. The van der Waals surface area contributed by atoms with E-state index in [-0.39, 0.29) is 32.0 Å². The van der Waals surface area contributed by atoms with Crippen LogP contribution in [0.3, 0.4) is 0 Å². The zero-order chi connectivity index (χ0) is 31.6. The summed E-state index contributed by atoms with van der Waals surface area (Å²) in [4.78, 5) is 51.0. The van der Waals surface area contributed by atoms with Gasteiger partial charge in [-0.15, -0.1) is 22.7 Å². The SMILES string of the molecule is COCCN(CCC(=O)Nc1sc2c(c1-c1nc3c(-n4cnc(C)c4)cccc3s1)CCN(C(=O)O)C2)C(=O)OC(C)(C)C. The molecule has 0 bridgehead atoms. The highest BCUT2D eigenvalue weighted by Gasteiger charge is 2.30. The van der Waals surface area contributed by atoms with Crippen LogP contribution in [-0.2, 0) is 27.2 Å². The van der Waals surface area contributed by atoms with Crippen molar-refractivity contribution in [3.8, 4) is 16.3 Å². The van der Waals surface area contributed by atoms with E-state index in [1.165, 1.54) is 32.5 Å². The zero-order valence-electron chi connectivity index (χ0n) is 25.4. The fourth-order valence-corrected chi connectivity index (χ4v) is 7.34. The molecule has 14 heteroatoms. The van der Waals surface area contributed by atoms with Crippen molar-refractivity contribution >= 4 is 56.0 Å². The number of nitrogens with zero attached hydrogens (tertiary/aromatic N) is 5. The lowest BCUT2D eigenvalue weighted by Crippen LogP contribution is -2.40. The number of aryl methyl sites for hydroxylation is 1. The molecule has 0 fully saturated rings. The van der Waals surface area contributed by atoms with Gasteiger partial charge in [-0.1, -0.05) is 6.07 Å². The Morgan fingerprint density at radius 2 is 1.98 bits per heavy atom. The first-order chi connectivity index (χ1) is 20.9. The van der Waals surface area contributed by atoms with Crippen LogP contribution >= 0.6 is 22.7 Å². The van der Waals surface area contributed by atoms with Crippen LogP contribution in [0.25, 0.3) is 26.5 Å². The molecule has 0 radical (unpaired) electrons. The highest BCUT2D eigenvalue weighted by Crippen LogP contribution is 2.46. The van der Waals surface area contributed by atoms with Gasteiger partial charge in [-0.05, 0) is 51.8 Å². The van der Waals surface area contributed by atoms with Gasteiger partial charge in [0.2, 0.25) is 5.91 Å². The number of nitrogens with one attached hydrogen (secondary N) is 1. The number of imidazole rings is 1. The lowest BCUT2D eigenvalue weighted by Gasteiger charge is -2.27. The van der Waals surface area contributed by atoms with Crippen LogP contribution in [0.4, 0.5) is 14.6 Å². The Kier molecular flexibility index (Phi) is 9.23. The third kappa shape index (κ3) is 7.03. The summed E-state index contributed by atoms with van der Waals surface area (Å²) >= 11 is 2.90. The molecule has 0 spiro atoms. The van der Waals surface area contributed by atoms with Gasteiger partial charge in [0.1, 0.15) is 21.1 Å². The number of hydrogen-bond donors (Lipinski definition) is 2. The minimum atomic E-state index is -0.977. The molecule has 3 aromatic heterocycles. The number of aromatic nitrogens is 3. The number of carboxylic acid groups (broad SMARTS) is 1. The van der Waals surface area contributed by atoms with Crippen molar-refractivity contribution in [2.24, 2.45) is 0 Å². The number of rotatable bonds is 9. The number of para-hydroxylation sites is 1. The second-order valence-electron chi connectivity index (χ2n) is 11.5. The fourth-order valence-electron chi connectivity index (χ4n) is 4.93. The van der Waals surface area contributed by atoms with Crippen LogP contribution in [0.15, 0.2) is 30.7 Å². The highest BCUT2D eigenvalue weighted by molar-refractivity contribution is 7.23. The number of fused-ring (bicyclic) bond motifs is 2. The lowest BCUT2D eigenvalue weighted by atomic mass is 10.0. The normalized spacial score (nSPS) is 13.2. The van der Waals surface area contributed by atoms with E-state index >= 15 is 0 Å². The molecule has 3 amide bonds. The molecule has 1 aromatic carbocycles. The van der Waals surface area contributed by atoms with Crippen LogP contribution < -0.4 is 5.32 Å². The molecule has 0 saturated carbocycles. The number of hydrogen-bond acceptors (Lipinski definition) is 9. The van der Waals surface area contributed by atoms with Gasteiger partial charge in [-0.25, -0.2) is 19.6 Å². The van der Waals surface area contributed by atoms with Crippen LogP contribution in [0.1, 0.15) is 43.3 Å². The van der Waals surface area contributed by atoms with Crippen molar-refractivity contribution in [1.29, 1.82) is 0 Å². The molecule has 0 unspecified atom stereocenters. The van der Waals surface area contributed by atoms with E-state index in [2.05, 4.69) is 10.3 Å². The smallest absolute Gasteiger partial charge is 0.410 e. The fraction of sp³-hybridized carbons (Fsp3) is 0.433. The zero-order valence-corrected chi connectivity index (χ0v) is 27.0. The number of benzene rings is 1. The maximum absolute atomic E-state index is 13.3. The number of amides is 3. The van der Waals surface area contributed by atoms with Gasteiger partial charge in [-0.3, -0.25) is 4.79 Å². The lowest BCUT2D eigenvalue weighted by molar-refractivity contribution is -0.116. The molecule has 5 rings (SSSR count). The van der Waals surface area contributed by atoms with Crippen molar-refractivity contribution in [3.63, 3.8) is 0 Å². The van der Waals surface area contributed by atoms with Crippen LogP contribution in [0.2, 0.25) is 0 Å². The number of ether oxygens (including phenoxy) is 2. The van der Waals surface area contributed by atoms with E-state index < -0.39 is 17.8 Å². The molecule has 4 aromatic rings. The quantitative estimate of drug-likeness (QED) is 0.235. The summed E-state index contributed by atoms with van der Waals surface area (Å²) in [5, 5.41) is 14.1. The summed E-state index contributed by atoms with van der Waals surface area (Å²) in [5.41, 5.74) is 3.75. The summed E-state index contributed by atoms with van der Waals surface area (Å²) < 4.78 is 13.6. The van der Waals surface area contributed by atoms with E-state index in [0.717, 1.165) is 42.6 Å². The first kappa shape index (κ1) is 31.4. The van der Waals surface area contributed by atoms with Gasteiger partial charge >= 0.3 is 12.2 Å². The molecule has 1 aliphatic heterocycles. The van der Waals surface area contributed by atoms with Crippen molar-refractivity contribution in [1.82, 2.24) is 24.3 Å². The third-order valence-electron chi connectivity index (χ3n) is 7.01. The van der Waals surface area contributed by atoms with Crippen LogP contribution in [0.5, 0.6) is 0 Å². The summed E-state index contributed by atoms with van der Waals surface area (Å²) in [5.74, 6) is -0.276. The van der Waals surface area contributed by atoms with E-state index in [1.807, 2.05) is 35.9 Å². The van der Waals surface area contributed by atoms with E-state index in [1.54, 1.807) is 34.2 Å². The monoisotopic (exact) mass is 640 g/mol. The third-order valence-corrected chi connectivity index (χ3v) is 9.18. The first-order valence-corrected chi connectivity index (χ1v) is 15.9. The number of carbonyl (C=O) groups excluding carboxylic acids is 2. The Labute approximate surface area is 263 Å². The molecule has 44 heavy (non-hydrogen) atoms. The molecule has 12 nitrogen and oxygen atoms in total. The highest BCUT2D eigenvalue weighted by atomic mass is 32.1. The Morgan fingerprint density at radius 3 is 2.66 bits per heavy atom. The van der Waals surface area contributed by atoms with Gasteiger partial charge in [0.15, 0.2) is 0 Å². The van der Waals surface area contributed by atoms with E-state index in [9.17, 15) is 19.5 Å². The van der Waals surface area contributed by atoms with Crippen molar-refractivity contribution in [2.45, 2.75) is 52.7 Å². The van der Waals surface area contributed by atoms with Crippen molar-refractivity contribution in [2.75, 3.05) is 38.7 Å². The number of anilines is 1. The second-order valence-corrected chi connectivity index (χ2v) is 13.6. The summed E-state index contributed by atoms with van der Waals surface area (Å²) in [6, 6.07) is 5.98. The number of methoxy groups -OCH3 is 1. The van der Waals surface area contributed by atoms with Gasteiger partial charge in [-0.2, -0.15) is 0 Å². The molecule has 0 saturated heterocycles. The first-order valence-electron chi connectivity index (χ1n) is 14.2. The van der Waals surface area contributed by atoms with Gasteiger partial charge in [0.25, 0.3) is 0 Å². The Balaban J connectivity index is 1.45. The predicted octanol–water partition coefficient (Wildman–Crippen LogP) is 5.77. The summed E-state index contributed by atoms with van der Waals surface area (Å²) in [6.07, 6.45) is 2.76. The van der Waals surface area contributed by atoms with Crippen molar-refractivity contribution in [3.05, 3.63) is 46.9 Å². The molecule has 1 aliphatic rings. The molecule has 0 atom stereocenters. The maximum Gasteiger partial charge on any atom is 0.410 e. The topological polar surface area (TPSA) is 139 Å². The number of thiophene rings is 1. The Hall–Kier alpha value is -4.01. The average Bonchev–Trinajstić information content (AvgIpc) is 3.67. The molecular formula is C30H36N6O6S2. The van der Waals surface area contributed by atoms with E-state index in [0.29, 0.717) is 24.6 Å². The second kappa shape index (κ2) is 12.9. The van der Waals surface area contributed by atoms with Gasteiger partial charge < -0.3 is 34.3 Å². The Morgan fingerprint density at radius 1 is 1.18 bits per heavy atom. The van der Waals surface area contributed by atoms with Gasteiger partial charge in [0.05, 0.1) is 35.6 Å². The molecule has 0 aliphatic carbocycles. The van der Waals surface area contributed by atoms with Crippen LogP contribution in [-0.4, -0.2) is 86.5 Å². The average molecular weight is 641 g/mol. The minimum Gasteiger partial charge on any atom is -0.465 e. The molecular weight excluding hydrogens is 605 g/mol. The van der Waals surface area contributed by atoms with Crippen molar-refractivity contribution < 1.29 is 29.0 Å². The molecule has 234 valence electrons. The minimum absolute atomic E-state index is 0.0379. The molecule has 2 N–H and O–H groups in total. The van der Waals surface area contributed by atoms with Gasteiger partial charge in [0, 0.05) is 49.8 Å². The standard InChI is InChI=1S/C30H36N6O6S2/c1-18-15-36(17-31-18)20-7-6-8-21-25(20)33-27(43-21)24-19-9-11-35(28(38)39)16-22(19)44-26(24)32-23(37)10-12-34(13-14-41-5)29(40)42-30(2,3)4/h6-8,15,17H,9-14,16H2,1-5H3,(H,32,37)(H,38,39).